The third kappa shape index (κ3) is 4.94. The molecule has 0 bridgehead atoms. The second kappa shape index (κ2) is 7.24. The minimum atomic E-state index is -0.207. The van der Waals surface area contributed by atoms with E-state index in [1.165, 1.54) is 0 Å². The fraction of sp³-hybridized carbons (Fsp3) is 0.462. The van der Waals surface area contributed by atoms with Gasteiger partial charge < -0.3 is 15.4 Å². The van der Waals surface area contributed by atoms with Crippen LogP contribution in [-0.4, -0.2) is 25.7 Å². The first-order valence-electron chi connectivity index (χ1n) is 5.85. The summed E-state index contributed by atoms with van der Waals surface area (Å²) in [6, 6.07) is 7.32. The molecule has 0 saturated carbocycles. The Balaban J connectivity index is 2.55. The molecular formula is C13H19ClN2O2. The van der Waals surface area contributed by atoms with E-state index in [-0.39, 0.29) is 18.2 Å². The van der Waals surface area contributed by atoms with Crippen molar-refractivity contribution < 1.29 is 9.53 Å². The number of nitrogens with one attached hydrogen (secondary N) is 2. The fourth-order valence-electron chi connectivity index (χ4n) is 1.54. The van der Waals surface area contributed by atoms with Gasteiger partial charge in [0.15, 0.2) is 0 Å². The highest BCUT2D eigenvalue weighted by molar-refractivity contribution is 6.30. The lowest BCUT2D eigenvalue weighted by molar-refractivity contribution is 0.104. The average Bonchev–Trinajstić information content (AvgIpc) is 2.29. The summed E-state index contributed by atoms with van der Waals surface area (Å²) in [6.07, 6.45) is -0.207. The van der Waals surface area contributed by atoms with Gasteiger partial charge >= 0.3 is 6.03 Å². The average molecular weight is 271 g/mol. The minimum absolute atomic E-state index is 0.108. The zero-order chi connectivity index (χ0) is 13.5. The Morgan fingerprint density at radius 3 is 2.72 bits per heavy atom. The number of amides is 2. The number of carbonyl (C=O) groups is 1. The van der Waals surface area contributed by atoms with Crippen LogP contribution in [0.15, 0.2) is 24.3 Å². The number of ether oxygens (including phenoxy) is 1. The Kier molecular flexibility index (Phi) is 5.95. The van der Waals surface area contributed by atoms with Crippen LogP contribution in [0.25, 0.3) is 0 Å². The SMILES string of the molecule is CO[C@H](CNC(=O)NC(C)C)c1cccc(Cl)c1. The predicted molar refractivity (Wildman–Crippen MR) is 72.9 cm³/mol. The van der Waals surface area contributed by atoms with E-state index in [4.69, 9.17) is 16.3 Å². The molecule has 1 aromatic rings. The number of carbonyl (C=O) groups excluding carboxylic acids is 1. The Morgan fingerprint density at radius 2 is 2.17 bits per heavy atom. The number of urea groups is 1. The molecule has 5 heteroatoms. The summed E-state index contributed by atoms with van der Waals surface area (Å²) in [6.45, 7) is 4.21. The van der Waals surface area contributed by atoms with Crippen LogP contribution < -0.4 is 10.6 Å². The first kappa shape index (κ1) is 14.8. The molecule has 0 radical (unpaired) electrons. The van der Waals surface area contributed by atoms with Gasteiger partial charge in [0, 0.05) is 24.7 Å². The highest BCUT2D eigenvalue weighted by Crippen LogP contribution is 2.19. The second-order valence-electron chi connectivity index (χ2n) is 4.29. The molecule has 2 N–H and O–H groups in total. The lowest BCUT2D eigenvalue weighted by atomic mass is 10.1. The third-order valence-electron chi connectivity index (χ3n) is 2.37. The normalized spacial score (nSPS) is 12.3. The zero-order valence-electron chi connectivity index (χ0n) is 10.9. The molecule has 0 aliphatic carbocycles. The van der Waals surface area contributed by atoms with Crippen molar-refractivity contribution >= 4 is 17.6 Å². The zero-order valence-corrected chi connectivity index (χ0v) is 11.6. The molecule has 1 aromatic carbocycles. The van der Waals surface area contributed by atoms with Gasteiger partial charge in [-0.05, 0) is 31.5 Å². The number of methoxy groups -OCH3 is 1. The molecule has 0 heterocycles. The van der Waals surface area contributed by atoms with Gasteiger partial charge in [-0.3, -0.25) is 0 Å². The highest BCUT2D eigenvalue weighted by Gasteiger charge is 2.12. The van der Waals surface area contributed by atoms with E-state index in [0.29, 0.717) is 11.6 Å². The molecule has 0 aliphatic rings. The van der Waals surface area contributed by atoms with Crippen LogP contribution in [0.4, 0.5) is 4.79 Å². The molecule has 0 saturated heterocycles. The van der Waals surface area contributed by atoms with Gasteiger partial charge in [-0.15, -0.1) is 0 Å². The van der Waals surface area contributed by atoms with E-state index >= 15 is 0 Å². The number of halogens is 1. The van der Waals surface area contributed by atoms with Crippen LogP contribution in [0, 0.1) is 0 Å². The van der Waals surface area contributed by atoms with Gasteiger partial charge in [-0.1, -0.05) is 23.7 Å². The Hall–Kier alpha value is -1.26. The van der Waals surface area contributed by atoms with Crippen molar-refractivity contribution in [2.45, 2.75) is 26.0 Å². The van der Waals surface area contributed by atoms with Crippen LogP contribution in [0.3, 0.4) is 0 Å². The smallest absolute Gasteiger partial charge is 0.315 e. The molecule has 0 aliphatic heterocycles. The summed E-state index contributed by atoms with van der Waals surface area (Å²) in [5.74, 6) is 0. The summed E-state index contributed by atoms with van der Waals surface area (Å²) in [4.78, 5) is 11.5. The molecule has 0 unspecified atom stereocenters. The Bertz CT molecular complexity index is 396. The van der Waals surface area contributed by atoms with Crippen molar-refractivity contribution in [2.75, 3.05) is 13.7 Å². The molecule has 0 spiro atoms. The van der Waals surface area contributed by atoms with Crippen molar-refractivity contribution in [1.82, 2.24) is 10.6 Å². The number of hydrogen-bond donors (Lipinski definition) is 2. The molecule has 18 heavy (non-hydrogen) atoms. The van der Waals surface area contributed by atoms with E-state index in [1.54, 1.807) is 13.2 Å². The van der Waals surface area contributed by atoms with E-state index in [1.807, 2.05) is 32.0 Å². The summed E-state index contributed by atoms with van der Waals surface area (Å²) < 4.78 is 5.35. The first-order valence-corrected chi connectivity index (χ1v) is 6.23. The van der Waals surface area contributed by atoms with E-state index in [0.717, 1.165) is 5.56 Å². The van der Waals surface area contributed by atoms with Gasteiger partial charge in [-0.2, -0.15) is 0 Å². The number of benzene rings is 1. The Morgan fingerprint density at radius 1 is 1.44 bits per heavy atom. The van der Waals surface area contributed by atoms with Crippen LogP contribution in [0.5, 0.6) is 0 Å². The molecule has 4 nitrogen and oxygen atoms in total. The summed E-state index contributed by atoms with van der Waals surface area (Å²) >= 11 is 5.92. The largest absolute Gasteiger partial charge is 0.375 e. The highest BCUT2D eigenvalue weighted by atomic mass is 35.5. The van der Waals surface area contributed by atoms with Gasteiger partial charge in [-0.25, -0.2) is 4.79 Å². The summed E-state index contributed by atoms with van der Waals surface area (Å²) in [7, 11) is 1.60. The topological polar surface area (TPSA) is 50.4 Å². The first-order chi connectivity index (χ1) is 8.52. The predicted octanol–water partition coefficient (Wildman–Crippen LogP) is 2.74. The maximum atomic E-state index is 11.5. The van der Waals surface area contributed by atoms with Crippen molar-refractivity contribution in [3.8, 4) is 0 Å². The molecule has 1 atom stereocenters. The van der Waals surface area contributed by atoms with Crippen LogP contribution in [0.1, 0.15) is 25.5 Å². The fourth-order valence-corrected chi connectivity index (χ4v) is 1.74. The van der Waals surface area contributed by atoms with E-state index in [2.05, 4.69) is 10.6 Å². The standard InChI is InChI=1S/C13H19ClN2O2/c1-9(2)16-13(17)15-8-12(18-3)10-5-4-6-11(14)7-10/h4-7,9,12H,8H2,1-3H3,(H2,15,16,17)/t12-/m1/s1. The van der Waals surface area contributed by atoms with Crippen LogP contribution in [0.2, 0.25) is 5.02 Å². The molecule has 2 amide bonds. The van der Waals surface area contributed by atoms with Gasteiger partial charge in [0.25, 0.3) is 0 Å². The molecule has 100 valence electrons. The van der Waals surface area contributed by atoms with Crippen molar-refractivity contribution in [3.63, 3.8) is 0 Å². The van der Waals surface area contributed by atoms with Crippen molar-refractivity contribution in [3.05, 3.63) is 34.9 Å². The lowest BCUT2D eigenvalue weighted by Gasteiger charge is -2.17. The van der Waals surface area contributed by atoms with Gasteiger partial charge in [0.05, 0.1) is 6.10 Å². The quantitative estimate of drug-likeness (QED) is 0.864. The van der Waals surface area contributed by atoms with Gasteiger partial charge in [0.2, 0.25) is 0 Å². The summed E-state index contributed by atoms with van der Waals surface area (Å²) in [5.41, 5.74) is 0.940. The molecule has 1 rings (SSSR count). The van der Waals surface area contributed by atoms with E-state index < -0.39 is 0 Å². The van der Waals surface area contributed by atoms with E-state index in [9.17, 15) is 4.79 Å². The number of rotatable bonds is 5. The lowest BCUT2D eigenvalue weighted by Crippen LogP contribution is -2.41. The number of hydrogen-bond acceptors (Lipinski definition) is 2. The molecular weight excluding hydrogens is 252 g/mol. The maximum Gasteiger partial charge on any atom is 0.315 e. The summed E-state index contributed by atoms with van der Waals surface area (Å²) in [5, 5.41) is 6.17. The van der Waals surface area contributed by atoms with Gasteiger partial charge in [0.1, 0.15) is 0 Å². The maximum absolute atomic E-state index is 11.5. The van der Waals surface area contributed by atoms with Crippen molar-refractivity contribution in [2.24, 2.45) is 0 Å². The molecule has 0 aromatic heterocycles. The van der Waals surface area contributed by atoms with Crippen molar-refractivity contribution in [1.29, 1.82) is 0 Å². The third-order valence-corrected chi connectivity index (χ3v) is 2.61. The van der Waals surface area contributed by atoms with Crippen LogP contribution in [-0.2, 0) is 4.74 Å². The molecule has 0 fully saturated rings. The Labute approximate surface area is 113 Å². The minimum Gasteiger partial charge on any atom is -0.375 e. The second-order valence-corrected chi connectivity index (χ2v) is 4.72. The van der Waals surface area contributed by atoms with Crippen LogP contribution >= 0.6 is 11.6 Å². The monoisotopic (exact) mass is 270 g/mol.